The minimum Gasteiger partial charge on any atom is -0.483 e. The highest BCUT2D eigenvalue weighted by molar-refractivity contribution is 5.93. The Morgan fingerprint density at radius 3 is 3.00 bits per heavy atom. The molecule has 0 saturated heterocycles. The number of aryl methyl sites for hydroxylation is 2. The van der Waals surface area contributed by atoms with Gasteiger partial charge in [-0.1, -0.05) is 25.1 Å². The number of nitrogens with one attached hydrogen (secondary N) is 2. The number of anilines is 1. The van der Waals surface area contributed by atoms with Crippen molar-refractivity contribution in [3.63, 3.8) is 0 Å². The van der Waals surface area contributed by atoms with Crippen LogP contribution in [0.25, 0.3) is 11.0 Å². The molecule has 6 heteroatoms. The quantitative estimate of drug-likeness (QED) is 0.759. The normalized spacial score (nSPS) is 10.7. The number of aromatic amines is 1. The zero-order valence-corrected chi connectivity index (χ0v) is 13.1. The molecule has 0 aliphatic heterocycles. The fraction of sp³-hybridized carbons (Fsp3) is 0.235. The second kappa shape index (κ2) is 6.48. The largest absolute Gasteiger partial charge is 0.483 e. The average molecular weight is 310 g/mol. The van der Waals surface area contributed by atoms with Crippen LogP contribution in [-0.4, -0.2) is 27.7 Å². The molecule has 0 bridgehead atoms. The van der Waals surface area contributed by atoms with Crippen LogP contribution in [-0.2, 0) is 11.2 Å². The molecule has 2 aromatic heterocycles. The van der Waals surface area contributed by atoms with Crippen molar-refractivity contribution >= 4 is 22.6 Å². The lowest BCUT2D eigenvalue weighted by Gasteiger charge is -2.10. The first-order valence-corrected chi connectivity index (χ1v) is 7.48. The van der Waals surface area contributed by atoms with Crippen LogP contribution in [0.4, 0.5) is 5.69 Å². The number of amides is 1. The minimum absolute atomic E-state index is 0.0422. The van der Waals surface area contributed by atoms with Crippen molar-refractivity contribution in [1.29, 1.82) is 0 Å². The second-order valence-electron chi connectivity index (χ2n) is 5.24. The molecule has 6 nitrogen and oxygen atoms in total. The highest BCUT2D eigenvalue weighted by atomic mass is 16.5. The van der Waals surface area contributed by atoms with Gasteiger partial charge in [-0.25, -0.2) is 4.98 Å². The van der Waals surface area contributed by atoms with E-state index in [0.717, 1.165) is 28.8 Å². The fourth-order valence-electron chi connectivity index (χ4n) is 2.37. The summed E-state index contributed by atoms with van der Waals surface area (Å²) in [5.74, 6) is 0.516. The molecule has 0 saturated carbocycles. The number of pyridine rings is 1. The summed E-state index contributed by atoms with van der Waals surface area (Å²) in [5.41, 5.74) is 3.25. The van der Waals surface area contributed by atoms with Crippen LogP contribution in [0.2, 0.25) is 0 Å². The summed E-state index contributed by atoms with van der Waals surface area (Å²) in [7, 11) is 0. The Bertz CT molecular complexity index is 841. The molecule has 1 aromatic carbocycles. The summed E-state index contributed by atoms with van der Waals surface area (Å²) in [6.07, 6.45) is 2.44. The molecule has 0 spiro atoms. The van der Waals surface area contributed by atoms with E-state index in [0.29, 0.717) is 11.3 Å². The number of aromatic nitrogens is 3. The van der Waals surface area contributed by atoms with Crippen molar-refractivity contribution < 1.29 is 9.53 Å². The van der Waals surface area contributed by atoms with Crippen LogP contribution in [0.5, 0.6) is 5.75 Å². The van der Waals surface area contributed by atoms with Gasteiger partial charge in [0.15, 0.2) is 12.3 Å². The summed E-state index contributed by atoms with van der Waals surface area (Å²) in [6, 6.07) is 9.56. The van der Waals surface area contributed by atoms with Crippen molar-refractivity contribution in [1.82, 2.24) is 15.2 Å². The van der Waals surface area contributed by atoms with E-state index in [9.17, 15) is 4.79 Å². The van der Waals surface area contributed by atoms with Gasteiger partial charge in [-0.3, -0.25) is 9.89 Å². The standard InChI is InChI=1S/C17H18N4O2/c1-3-12-6-4-5-7-15(12)23-10-16(22)19-13-8-14-11(2)20-21-17(14)18-9-13/h4-9H,3,10H2,1-2H3,(H,19,22)(H,18,20,21). The predicted octanol–water partition coefficient (Wildman–Crippen LogP) is 2.85. The molecule has 0 fully saturated rings. The van der Waals surface area contributed by atoms with Crippen LogP contribution in [0.1, 0.15) is 18.2 Å². The molecule has 3 aromatic rings. The van der Waals surface area contributed by atoms with Gasteiger partial charge in [-0.15, -0.1) is 0 Å². The average Bonchev–Trinajstić information content (AvgIpc) is 2.94. The smallest absolute Gasteiger partial charge is 0.262 e. The number of carbonyl (C=O) groups is 1. The first kappa shape index (κ1) is 15.0. The van der Waals surface area contributed by atoms with Gasteiger partial charge >= 0.3 is 0 Å². The molecular weight excluding hydrogens is 292 g/mol. The Hall–Kier alpha value is -2.89. The van der Waals surface area contributed by atoms with Gasteiger partial charge in [0, 0.05) is 11.1 Å². The topological polar surface area (TPSA) is 79.9 Å². The molecule has 0 atom stereocenters. The zero-order chi connectivity index (χ0) is 16.2. The Morgan fingerprint density at radius 2 is 2.17 bits per heavy atom. The van der Waals surface area contributed by atoms with Crippen LogP contribution >= 0.6 is 0 Å². The summed E-state index contributed by atoms with van der Waals surface area (Å²) in [5, 5.41) is 10.6. The predicted molar refractivity (Wildman–Crippen MR) is 88.6 cm³/mol. The maximum absolute atomic E-state index is 12.1. The van der Waals surface area contributed by atoms with Crippen molar-refractivity contribution in [2.45, 2.75) is 20.3 Å². The van der Waals surface area contributed by atoms with Crippen molar-refractivity contribution in [2.75, 3.05) is 11.9 Å². The monoisotopic (exact) mass is 310 g/mol. The van der Waals surface area contributed by atoms with E-state index in [-0.39, 0.29) is 12.5 Å². The molecular formula is C17H18N4O2. The van der Waals surface area contributed by atoms with E-state index < -0.39 is 0 Å². The zero-order valence-electron chi connectivity index (χ0n) is 13.1. The molecule has 2 N–H and O–H groups in total. The van der Waals surface area contributed by atoms with Crippen LogP contribution in [0, 0.1) is 6.92 Å². The first-order valence-electron chi connectivity index (χ1n) is 7.48. The van der Waals surface area contributed by atoms with E-state index in [1.807, 2.05) is 37.3 Å². The summed E-state index contributed by atoms with van der Waals surface area (Å²) >= 11 is 0. The minimum atomic E-state index is -0.224. The SMILES string of the molecule is CCc1ccccc1OCC(=O)Nc1cnc2n[nH]c(C)c2c1. The van der Waals surface area contributed by atoms with Gasteiger partial charge in [0.05, 0.1) is 11.9 Å². The molecule has 1 amide bonds. The first-order chi connectivity index (χ1) is 11.2. The van der Waals surface area contributed by atoms with Crippen LogP contribution < -0.4 is 10.1 Å². The molecule has 23 heavy (non-hydrogen) atoms. The maximum atomic E-state index is 12.1. The van der Waals surface area contributed by atoms with Gasteiger partial charge < -0.3 is 10.1 Å². The third-order valence-electron chi connectivity index (χ3n) is 3.60. The highest BCUT2D eigenvalue weighted by Gasteiger charge is 2.08. The third kappa shape index (κ3) is 3.31. The van der Waals surface area contributed by atoms with E-state index >= 15 is 0 Å². The number of nitrogens with zero attached hydrogens (tertiary/aromatic N) is 2. The lowest BCUT2D eigenvalue weighted by atomic mass is 10.1. The van der Waals surface area contributed by atoms with Gasteiger partial charge in [-0.05, 0) is 31.0 Å². The second-order valence-corrected chi connectivity index (χ2v) is 5.24. The summed E-state index contributed by atoms with van der Waals surface area (Å²) in [4.78, 5) is 16.3. The van der Waals surface area contributed by atoms with E-state index in [2.05, 4.69) is 27.4 Å². The molecule has 0 aliphatic carbocycles. The number of rotatable bonds is 5. The lowest BCUT2D eigenvalue weighted by molar-refractivity contribution is -0.118. The lowest BCUT2D eigenvalue weighted by Crippen LogP contribution is -2.20. The molecule has 0 unspecified atom stereocenters. The van der Waals surface area contributed by atoms with Crippen LogP contribution in [0.15, 0.2) is 36.5 Å². The van der Waals surface area contributed by atoms with Gasteiger partial charge in [0.2, 0.25) is 0 Å². The Balaban J connectivity index is 1.65. The number of benzene rings is 1. The van der Waals surface area contributed by atoms with Crippen LogP contribution in [0.3, 0.4) is 0 Å². The fourth-order valence-corrected chi connectivity index (χ4v) is 2.37. The molecule has 0 aliphatic rings. The number of carbonyl (C=O) groups excluding carboxylic acids is 1. The number of H-pyrrole nitrogens is 1. The van der Waals surface area contributed by atoms with Crippen molar-refractivity contribution in [3.8, 4) is 5.75 Å². The number of hydrogen-bond acceptors (Lipinski definition) is 4. The number of ether oxygens (including phenoxy) is 1. The number of para-hydroxylation sites is 1. The van der Waals surface area contributed by atoms with Gasteiger partial charge in [0.1, 0.15) is 5.75 Å². The summed E-state index contributed by atoms with van der Waals surface area (Å²) in [6.45, 7) is 3.92. The molecule has 118 valence electrons. The number of hydrogen-bond donors (Lipinski definition) is 2. The summed E-state index contributed by atoms with van der Waals surface area (Å²) < 4.78 is 5.61. The Labute approximate surface area is 133 Å². The van der Waals surface area contributed by atoms with Gasteiger partial charge in [0.25, 0.3) is 5.91 Å². The third-order valence-corrected chi connectivity index (χ3v) is 3.60. The Morgan fingerprint density at radius 1 is 1.35 bits per heavy atom. The molecule has 0 radical (unpaired) electrons. The van der Waals surface area contributed by atoms with E-state index in [4.69, 9.17) is 4.74 Å². The number of fused-ring (bicyclic) bond motifs is 1. The molecule has 2 heterocycles. The van der Waals surface area contributed by atoms with Crippen molar-refractivity contribution in [2.24, 2.45) is 0 Å². The maximum Gasteiger partial charge on any atom is 0.262 e. The highest BCUT2D eigenvalue weighted by Crippen LogP contribution is 2.19. The van der Waals surface area contributed by atoms with Gasteiger partial charge in [-0.2, -0.15) is 5.10 Å². The Kier molecular flexibility index (Phi) is 4.23. The van der Waals surface area contributed by atoms with Crippen molar-refractivity contribution in [3.05, 3.63) is 47.8 Å². The molecule has 3 rings (SSSR count). The van der Waals surface area contributed by atoms with E-state index in [1.165, 1.54) is 0 Å². The van der Waals surface area contributed by atoms with E-state index in [1.54, 1.807) is 6.20 Å².